The molecule has 0 spiro atoms. The third kappa shape index (κ3) is 8.02. The van der Waals surface area contributed by atoms with E-state index in [1.807, 2.05) is 71.6 Å². The number of piperazine rings is 1. The number of aromatic hydroxyl groups is 2. The summed E-state index contributed by atoms with van der Waals surface area (Å²) in [5, 5.41) is 21.9. The molecule has 0 saturated carbocycles. The minimum atomic E-state index is -3.67. The van der Waals surface area contributed by atoms with Crippen LogP contribution in [0.15, 0.2) is 97.1 Å². The topological polar surface area (TPSA) is 149 Å². The number of para-hydroxylation sites is 2. The molecule has 1 amide bonds. The largest absolute Gasteiger partial charge is 0.508 e. The summed E-state index contributed by atoms with van der Waals surface area (Å²) < 4.78 is 28.0. The number of halogens is 1. The summed E-state index contributed by atoms with van der Waals surface area (Å²) in [5.74, 6) is -0.0893. The zero-order valence-corrected chi connectivity index (χ0v) is 29.2. The minimum absolute atomic E-state index is 0.0564. The van der Waals surface area contributed by atoms with Gasteiger partial charge in [-0.3, -0.25) is 9.35 Å². The van der Waals surface area contributed by atoms with Gasteiger partial charge in [0.15, 0.2) is 0 Å². The predicted molar refractivity (Wildman–Crippen MR) is 195 cm³/mol. The number of hydrogen-bond acceptors (Lipinski definition) is 7. The Morgan fingerprint density at radius 3 is 1.84 bits per heavy atom. The predicted octanol–water partition coefficient (Wildman–Crippen LogP) is 6.05. The Hall–Kier alpha value is -4.55. The van der Waals surface area contributed by atoms with Crippen LogP contribution in [0.3, 0.4) is 0 Å². The quantitative estimate of drug-likeness (QED) is 0.150. The lowest BCUT2D eigenvalue weighted by molar-refractivity contribution is 0.0728. The summed E-state index contributed by atoms with van der Waals surface area (Å²) in [5.41, 5.74) is 11.0. The fraction of sp³-hybridized carbons (Fsp3) is 0.270. The molecule has 1 fully saturated rings. The van der Waals surface area contributed by atoms with E-state index in [-0.39, 0.29) is 23.3 Å². The lowest BCUT2D eigenvalue weighted by Gasteiger charge is -2.38. The number of carbonyl (C=O) groups excluding carboxylic acids is 1. The van der Waals surface area contributed by atoms with Crippen molar-refractivity contribution in [2.24, 2.45) is 5.73 Å². The van der Waals surface area contributed by atoms with Crippen LogP contribution in [0.4, 0.5) is 5.69 Å². The highest BCUT2D eigenvalue weighted by atomic mass is 35.5. The SMILES string of the molecule is CC(C)(CN)n1c(C(=O)N2CCN(c3ccccc3Cl)CC2)c(C(c2ccc(O)cc2)c2ccc(O)cc2)c2ccccc21.CS(=O)(=O)O. The van der Waals surface area contributed by atoms with Crippen LogP contribution < -0.4 is 10.6 Å². The van der Waals surface area contributed by atoms with Gasteiger partial charge in [0.1, 0.15) is 17.2 Å². The second-order valence-corrected chi connectivity index (χ2v) is 14.6. The number of phenolic OH excluding ortho intramolecular Hbond substituents is 2. The Kier molecular flexibility index (Phi) is 10.6. The zero-order chi connectivity index (χ0) is 35.5. The smallest absolute Gasteiger partial charge is 0.270 e. The molecule has 4 aromatic carbocycles. The molecule has 12 heteroatoms. The maximum absolute atomic E-state index is 14.9. The standard InChI is InChI=1S/C36H37ClN4O3.CH4O3S/c1-36(2,23-38)41-30-9-5-3-7-28(30)33(32(24-11-15-26(42)16-12-24)25-13-17-27(43)18-14-25)34(41)35(44)40-21-19-39(20-22-40)31-10-6-4-8-29(31)37;1-5(2,3)4/h3-18,32,42-43H,19-23,38H2,1-2H3;1H3,(H,2,3,4). The summed E-state index contributed by atoms with van der Waals surface area (Å²) in [6.45, 7) is 6.84. The Balaban J connectivity index is 0.000000874. The Labute approximate surface area is 291 Å². The number of anilines is 1. The molecule has 258 valence electrons. The molecule has 5 N–H and O–H groups in total. The average molecular weight is 705 g/mol. The molecule has 0 aliphatic carbocycles. The summed E-state index contributed by atoms with van der Waals surface area (Å²) >= 11 is 6.51. The van der Waals surface area contributed by atoms with Gasteiger partial charge in [-0.25, -0.2) is 0 Å². The average Bonchev–Trinajstić information content (AvgIpc) is 3.41. The highest BCUT2D eigenvalue weighted by Crippen LogP contribution is 2.43. The molecule has 0 bridgehead atoms. The number of hydrogen-bond donors (Lipinski definition) is 4. The van der Waals surface area contributed by atoms with E-state index in [0.717, 1.165) is 33.3 Å². The molecule has 5 aromatic rings. The maximum Gasteiger partial charge on any atom is 0.270 e. The first-order valence-electron chi connectivity index (χ1n) is 15.8. The Morgan fingerprint density at radius 1 is 0.837 bits per heavy atom. The van der Waals surface area contributed by atoms with Gasteiger partial charge in [0.05, 0.1) is 22.5 Å². The highest BCUT2D eigenvalue weighted by Gasteiger charge is 2.37. The van der Waals surface area contributed by atoms with E-state index >= 15 is 0 Å². The number of aromatic nitrogens is 1. The Morgan fingerprint density at radius 2 is 1.33 bits per heavy atom. The first-order chi connectivity index (χ1) is 23.2. The van der Waals surface area contributed by atoms with E-state index < -0.39 is 15.7 Å². The molecule has 2 heterocycles. The van der Waals surface area contributed by atoms with Crippen LogP contribution in [0.25, 0.3) is 10.9 Å². The van der Waals surface area contributed by atoms with Crippen molar-refractivity contribution in [1.82, 2.24) is 9.47 Å². The monoisotopic (exact) mass is 704 g/mol. The fourth-order valence-electron chi connectivity index (χ4n) is 6.36. The van der Waals surface area contributed by atoms with Gasteiger partial charge in [-0.1, -0.05) is 66.2 Å². The number of rotatable bonds is 7. The molecule has 1 aliphatic rings. The van der Waals surface area contributed by atoms with Crippen molar-refractivity contribution in [3.05, 3.63) is 124 Å². The van der Waals surface area contributed by atoms with Crippen molar-refractivity contribution in [3.63, 3.8) is 0 Å². The number of carbonyl (C=O) groups is 1. The lowest BCUT2D eigenvalue weighted by atomic mass is 9.83. The van der Waals surface area contributed by atoms with Crippen LogP contribution in [0.5, 0.6) is 11.5 Å². The summed E-state index contributed by atoms with van der Waals surface area (Å²) in [6, 6.07) is 30.1. The molecular weight excluding hydrogens is 664 g/mol. The summed E-state index contributed by atoms with van der Waals surface area (Å²) in [4.78, 5) is 19.1. The molecule has 0 unspecified atom stereocenters. The number of nitrogens with zero attached hydrogens (tertiary/aromatic N) is 3. The van der Waals surface area contributed by atoms with E-state index in [0.29, 0.717) is 49.7 Å². The molecule has 1 saturated heterocycles. The second-order valence-electron chi connectivity index (χ2n) is 12.7. The summed E-state index contributed by atoms with van der Waals surface area (Å²) in [6.07, 6.45) is 0.715. The van der Waals surface area contributed by atoms with Crippen LogP contribution in [-0.4, -0.2) is 77.5 Å². The molecule has 6 rings (SSSR count). The van der Waals surface area contributed by atoms with Gasteiger partial charge in [-0.2, -0.15) is 8.42 Å². The molecule has 1 aliphatic heterocycles. The van der Waals surface area contributed by atoms with Gasteiger partial charge < -0.3 is 30.3 Å². The van der Waals surface area contributed by atoms with Crippen LogP contribution in [0.1, 0.15) is 46.9 Å². The van der Waals surface area contributed by atoms with E-state index in [2.05, 4.69) is 29.4 Å². The van der Waals surface area contributed by atoms with Gasteiger partial charge in [0.25, 0.3) is 16.0 Å². The zero-order valence-electron chi connectivity index (χ0n) is 27.6. The minimum Gasteiger partial charge on any atom is -0.508 e. The van der Waals surface area contributed by atoms with E-state index in [9.17, 15) is 23.4 Å². The normalized spacial score (nSPS) is 13.8. The van der Waals surface area contributed by atoms with Gasteiger partial charge in [0, 0.05) is 55.1 Å². The van der Waals surface area contributed by atoms with Crippen molar-refractivity contribution in [3.8, 4) is 11.5 Å². The number of amides is 1. The van der Waals surface area contributed by atoms with Crippen molar-refractivity contribution in [1.29, 1.82) is 0 Å². The van der Waals surface area contributed by atoms with Gasteiger partial charge in [0.2, 0.25) is 0 Å². The van der Waals surface area contributed by atoms with E-state index in [1.165, 1.54) is 0 Å². The number of nitrogens with two attached hydrogens (primary N) is 1. The number of phenols is 2. The second kappa shape index (κ2) is 14.5. The van der Waals surface area contributed by atoms with Crippen LogP contribution in [0, 0.1) is 0 Å². The van der Waals surface area contributed by atoms with Gasteiger partial charge in [-0.15, -0.1) is 0 Å². The van der Waals surface area contributed by atoms with Crippen molar-refractivity contribution < 1.29 is 28.0 Å². The van der Waals surface area contributed by atoms with Gasteiger partial charge in [-0.05, 0) is 67.4 Å². The van der Waals surface area contributed by atoms with Crippen LogP contribution in [0.2, 0.25) is 5.02 Å². The molecule has 0 radical (unpaired) electrons. The Bertz CT molecular complexity index is 1980. The van der Waals surface area contributed by atoms with E-state index in [1.54, 1.807) is 24.3 Å². The first kappa shape index (κ1) is 35.7. The third-order valence-corrected chi connectivity index (χ3v) is 9.04. The van der Waals surface area contributed by atoms with Crippen molar-refractivity contribution >= 4 is 44.2 Å². The number of fused-ring (bicyclic) bond motifs is 1. The molecule has 49 heavy (non-hydrogen) atoms. The maximum atomic E-state index is 14.9. The van der Waals surface area contributed by atoms with Crippen LogP contribution >= 0.6 is 11.6 Å². The summed E-state index contributed by atoms with van der Waals surface area (Å²) in [7, 11) is -3.67. The molecule has 10 nitrogen and oxygen atoms in total. The molecule has 0 atom stereocenters. The number of benzene rings is 4. The van der Waals surface area contributed by atoms with Gasteiger partial charge >= 0.3 is 0 Å². The van der Waals surface area contributed by atoms with Crippen LogP contribution in [-0.2, 0) is 15.7 Å². The fourth-order valence-corrected chi connectivity index (χ4v) is 6.61. The lowest BCUT2D eigenvalue weighted by Crippen LogP contribution is -2.50. The first-order valence-corrected chi connectivity index (χ1v) is 18.0. The van der Waals surface area contributed by atoms with Crippen molar-refractivity contribution in [2.75, 3.05) is 43.9 Å². The molecule has 1 aromatic heterocycles. The van der Waals surface area contributed by atoms with E-state index in [4.69, 9.17) is 21.9 Å². The molecular formula is C37H41ClN4O6S. The highest BCUT2D eigenvalue weighted by molar-refractivity contribution is 7.85. The van der Waals surface area contributed by atoms with Crippen molar-refractivity contribution in [2.45, 2.75) is 25.3 Å². The third-order valence-electron chi connectivity index (χ3n) is 8.72.